The number of rotatable bonds is 4. The normalized spacial score (nSPS) is 35.4. The monoisotopic (exact) mass is 264 g/mol. The summed E-state index contributed by atoms with van der Waals surface area (Å²) in [5, 5.41) is 0. The highest BCUT2D eigenvalue weighted by Crippen LogP contribution is 2.38. The van der Waals surface area contributed by atoms with E-state index >= 15 is 0 Å². The van der Waals surface area contributed by atoms with Crippen LogP contribution in [-0.4, -0.2) is 48.1 Å². The lowest BCUT2D eigenvalue weighted by Gasteiger charge is -2.50. The van der Waals surface area contributed by atoms with Gasteiger partial charge in [-0.3, -0.25) is 9.80 Å². The van der Waals surface area contributed by atoms with E-state index in [2.05, 4.69) is 30.6 Å². The Labute approximate surface area is 119 Å². The SMILES string of the molecule is CC(C)C1CN2CCCCC2CN1CC(C)C1CC1. The summed E-state index contributed by atoms with van der Waals surface area (Å²) in [6.45, 7) is 12.7. The van der Waals surface area contributed by atoms with Crippen LogP contribution in [0.15, 0.2) is 0 Å². The molecule has 3 rings (SSSR count). The smallest absolute Gasteiger partial charge is 0.0247 e. The highest BCUT2D eigenvalue weighted by atomic mass is 15.3. The Morgan fingerprint density at radius 3 is 2.47 bits per heavy atom. The maximum Gasteiger partial charge on any atom is 0.0247 e. The molecule has 3 aliphatic rings. The average Bonchev–Trinajstić information content (AvgIpc) is 3.22. The van der Waals surface area contributed by atoms with Crippen LogP contribution in [0, 0.1) is 17.8 Å². The molecular weight excluding hydrogens is 232 g/mol. The van der Waals surface area contributed by atoms with E-state index in [1.165, 1.54) is 58.3 Å². The van der Waals surface area contributed by atoms with Crippen molar-refractivity contribution in [2.24, 2.45) is 17.8 Å². The molecule has 0 N–H and O–H groups in total. The van der Waals surface area contributed by atoms with Crippen molar-refractivity contribution in [3.8, 4) is 0 Å². The van der Waals surface area contributed by atoms with E-state index < -0.39 is 0 Å². The predicted molar refractivity (Wildman–Crippen MR) is 81.3 cm³/mol. The van der Waals surface area contributed by atoms with Crippen molar-refractivity contribution in [3.63, 3.8) is 0 Å². The molecule has 2 heterocycles. The summed E-state index contributed by atoms with van der Waals surface area (Å²) < 4.78 is 0. The number of hydrogen-bond donors (Lipinski definition) is 0. The molecule has 2 aliphatic heterocycles. The van der Waals surface area contributed by atoms with E-state index in [1.807, 2.05) is 0 Å². The third kappa shape index (κ3) is 3.16. The molecule has 3 unspecified atom stereocenters. The van der Waals surface area contributed by atoms with Crippen LogP contribution < -0.4 is 0 Å². The first kappa shape index (κ1) is 13.9. The number of piperidine rings is 1. The second kappa shape index (κ2) is 5.73. The van der Waals surface area contributed by atoms with E-state index in [-0.39, 0.29) is 0 Å². The van der Waals surface area contributed by atoms with Gasteiger partial charge in [0.15, 0.2) is 0 Å². The molecular formula is C17H32N2. The second-order valence-corrected chi connectivity index (χ2v) is 7.72. The summed E-state index contributed by atoms with van der Waals surface area (Å²) in [6.07, 6.45) is 7.33. The Balaban J connectivity index is 1.64. The van der Waals surface area contributed by atoms with Crippen molar-refractivity contribution < 1.29 is 0 Å². The van der Waals surface area contributed by atoms with Crippen LogP contribution in [0.25, 0.3) is 0 Å². The lowest BCUT2D eigenvalue weighted by Crippen LogP contribution is -2.61. The van der Waals surface area contributed by atoms with Crippen molar-refractivity contribution in [1.29, 1.82) is 0 Å². The minimum absolute atomic E-state index is 0.800. The molecule has 0 aromatic carbocycles. The van der Waals surface area contributed by atoms with Crippen LogP contribution >= 0.6 is 0 Å². The molecule has 3 fully saturated rings. The quantitative estimate of drug-likeness (QED) is 0.769. The molecule has 2 saturated heterocycles. The van der Waals surface area contributed by atoms with Crippen LogP contribution in [0.4, 0.5) is 0 Å². The van der Waals surface area contributed by atoms with E-state index in [1.54, 1.807) is 0 Å². The Kier molecular flexibility index (Phi) is 4.19. The topological polar surface area (TPSA) is 6.48 Å². The van der Waals surface area contributed by atoms with Gasteiger partial charge in [0.25, 0.3) is 0 Å². The average molecular weight is 264 g/mol. The minimum atomic E-state index is 0.800. The van der Waals surface area contributed by atoms with Gasteiger partial charge in [-0.2, -0.15) is 0 Å². The highest BCUT2D eigenvalue weighted by molar-refractivity contribution is 4.93. The van der Waals surface area contributed by atoms with Gasteiger partial charge in [0.05, 0.1) is 0 Å². The van der Waals surface area contributed by atoms with Crippen LogP contribution in [0.2, 0.25) is 0 Å². The standard InChI is InChI=1S/C17H32N2/c1-13(2)17-12-18-9-5-4-6-16(18)11-19(17)10-14(3)15-7-8-15/h13-17H,4-12H2,1-3H3. The lowest BCUT2D eigenvalue weighted by atomic mass is 9.91. The van der Waals surface area contributed by atoms with Gasteiger partial charge in [-0.1, -0.05) is 27.2 Å². The Bertz CT molecular complexity index is 298. The molecule has 0 aromatic heterocycles. The fourth-order valence-electron chi connectivity index (χ4n) is 4.30. The Hall–Kier alpha value is -0.0800. The maximum absolute atomic E-state index is 2.86. The van der Waals surface area contributed by atoms with Gasteiger partial charge >= 0.3 is 0 Å². The number of fused-ring (bicyclic) bond motifs is 1. The van der Waals surface area contributed by atoms with Gasteiger partial charge in [0.2, 0.25) is 0 Å². The van der Waals surface area contributed by atoms with Gasteiger partial charge in [-0.25, -0.2) is 0 Å². The van der Waals surface area contributed by atoms with E-state index in [0.717, 1.165) is 29.8 Å². The first-order valence-electron chi connectivity index (χ1n) is 8.63. The van der Waals surface area contributed by atoms with Gasteiger partial charge in [0, 0.05) is 31.7 Å². The number of piperazine rings is 1. The number of hydrogen-bond acceptors (Lipinski definition) is 2. The summed E-state index contributed by atoms with van der Waals surface area (Å²) >= 11 is 0. The van der Waals surface area contributed by atoms with E-state index in [9.17, 15) is 0 Å². The second-order valence-electron chi connectivity index (χ2n) is 7.72. The fraction of sp³-hybridized carbons (Fsp3) is 1.00. The summed E-state index contributed by atoms with van der Waals surface area (Å²) in [5.41, 5.74) is 0. The van der Waals surface area contributed by atoms with Crippen molar-refractivity contribution in [2.45, 2.75) is 65.0 Å². The van der Waals surface area contributed by atoms with Crippen molar-refractivity contribution in [3.05, 3.63) is 0 Å². The summed E-state index contributed by atoms with van der Waals surface area (Å²) in [5.74, 6) is 2.78. The first-order valence-corrected chi connectivity index (χ1v) is 8.63. The molecule has 2 heteroatoms. The fourth-order valence-corrected chi connectivity index (χ4v) is 4.30. The van der Waals surface area contributed by atoms with Crippen LogP contribution in [0.3, 0.4) is 0 Å². The zero-order valence-corrected chi connectivity index (χ0v) is 13.1. The Morgan fingerprint density at radius 1 is 1.00 bits per heavy atom. The van der Waals surface area contributed by atoms with Gasteiger partial charge in [-0.15, -0.1) is 0 Å². The summed E-state index contributed by atoms with van der Waals surface area (Å²) in [7, 11) is 0. The van der Waals surface area contributed by atoms with Crippen LogP contribution in [0.1, 0.15) is 52.9 Å². The van der Waals surface area contributed by atoms with E-state index in [4.69, 9.17) is 0 Å². The van der Waals surface area contributed by atoms with Crippen LogP contribution in [0.5, 0.6) is 0 Å². The molecule has 2 nitrogen and oxygen atoms in total. The molecule has 1 aliphatic carbocycles. The molecule has 1 saturated carbocycles. The molecule has 19 heavy (non-hydrogen) atoms. The molecule has 0 radical (unpaired) electrons. The molecule has 0 bridgehead atoms. The lowest BCUT2D eigenvalue weighted by molar-refractivity contribution is -0.0149. The maximum atomic E-state index is 2.86. The van der Waals surface area contributed by atoms with Crippen molar-refractivity contribution in [2.75, 3.05) is 26.2 Å². The minimum Gasteiger partial charge on any atom is -0.298 e. The molecule has 0 amide bonds. The zero-order chi connectivity index (χ0) is 13.4. The summed E-state index contributed by atoms with van der Waals surface area (Å²) in [6, 6.07) is 1.67. The third-order valence-corrected chi connectivity index (χ3v) is 5.80. The predicted octanol–water partition coefficient (Wildman–Crippen LogP) is 3.23. The number of nitrogens with zero attached hydrogens (tertiary/aromatic N) is 2. The molecule has 3 atom stereocenters. The van der Waals surface area contributed by atoms with Crippen LogP contribution in [-0.2, 0) is 0 Å². The highest BCUT2D eigenvalue weighted by Gasteiger charge is 2.38. The first-order chi connectivity index (χ1) is 9.15. The van der Waals surface area contributed by atoms with Gasteiger partial charge in [0.1, 0.15) is 0 Å². The van der Waals surface area contributed by atoms with Gasteiger partial charge in [-0.05, 0) is 50.0 Å². The molecule has 0 spiro atoms. The largest absolute Gasteiger partial charge is 0.298 e. The van der Waals surface area contributed by atoms with Gasteiger partial charge < -0.3 is 0 Å². The summed E-state index contributed by atoms with van der Waals surface area (Å²) in [4.78, 5) is 5.66. The zero-order valence-electron chi connectivity index (χ0n) is 13.1. The Morgan fingerprint density at radius 2 is 1.79 bits per heavy atom. The third-order valence-electron chi connectivity index (χ3n) is 5.80. The van der Waals surface area contributed by atoms with E-state index in [0.29, 0.717) is 0 Å². The van der Waals surface area contributed by atoms with Crippen molar-refractivity contribution >= 4 is 0 Å². The van der Waals surface area contributed by atoms with Crippen molar-refractivity contribution in [1.82, 2.24) is 9.80 Å². The molecule has 110 valence electrons. The molecule has 0 aromatic rings.